The van der Waals surface area contributed by atoms with Crippen LogP contribution in [-0.2, 0) is 57.1 Å². The van der Waals surface area contributed by atoms with E-state index in [1.165, 1.54) is 7.11 Å². The number of hydrogen-bond acceptors (Lipinski definition) is 16. The number of carbonyl (C=O) groups excluding carboxylic acids is 4. The van der Waals surface area contributed by atoms with Gasteiger partial charge >= 0.3 is 17.9 Å². The lowest BCUT2D eigenvalue weighted by Crippen LogP contribution is -2.66. The summed E-state index contributed by atoms with van der Waals surface area (Å²) in [7, 11) is 4.86. The normalized spacial score (nSPS) is 41.1. The van der Waals surface area contributed by atoms with Crippen LogP contribution in [0.4, 0.5) is 0 Å². The first-order chi connectivity index (χ1) is 26.9. The summed E-state index contributed by atoms with van der Waals surface area (Å²) in [6.45, 7) is 11.8. The minimum Gasteiger partial charge on any atom is -0.462 e. The second kappa shape index (κ2) is 22.5. The van der Waals surface area contributed by atoms with Gasteiger partial charge in [0, 0.05) is 39.2 Å². The first-order valence-corrected chi connectivity index (χ1v) is 20.1. The highest BCUT2D eigenvalue weighted by atomic mass is 16.7. The van der Waals surface area contributed by atoms with E-state index in [0.717, 1.165) is 0 Å². The number of ether oxygens (including phenoxy) is 8. The number of likely N-dealkylation sites (N-methyl/N-ethyl adjacent to an activating group) is 1. The average Bonchev–Trinajstić information content (AvgIpc) is 3.13. The van der Waals surface area contributed by atoms with Crippen molar-refractivity contribution in [2.24, 2.45) is 11.8 Å². The maximum absolute atomic E-state index is 13.3. The number of cyclic esters (lactones) is 1. The van der Waals surface area contributed by atoms with Crippen molar-refractivity contribution in [1.29, 1.82) is 0 Å². The molecule has 0 amide bonds. The molecule has 57 heavy (non-hydrogen) atoms. The zero-order valence-electron chi connectivity index (χ0n) is 35.2. The molecule has 0 radical (unpaired) electrons. The highest BCUT2D eigenvalue weighted by Crippen LogP contribution is 2.37. The van der Waals surface area contributed by atoms with Crippen molar-refractivity contribution in [3.63, 3.8) is 0 Å². The van der Waals surface area contributed by atoms with Gasteiger partial charge in [0.15, 0.2) is 18.7 Å². The highest BCUT2D eigenvalue weighted by Gasteiger charge is 2.53. The number of rotatable bonds is 12. The molecule has 3 heterocycles. The molecular weight excluding hydrogens is 746 g/mol. The molecule has 3 aliphatic heterocycles. The molecule has 3 aliphatic rings. The molecule has 0 saturated carbocycles. The van der Waals surface area contributed by atoms with Gasteiger partial charge in [-0.2, -0.15) is 0 Å². The standard InChI is InChI=1S/C41H67NO15/c1-11-30(45)54-29-21-32(47)51-24(4)16-14-13-15-17-28(44)23(3)20-27(18-19-43)37(38(29)50-10)57-40-35(48)34(42(8)9)36(25(5)53-40)56-33-22-41(7,49)39(26(6)52-33)55-31(46)12-2/h13-15,17,19,23-29,33-40,44,48-49H,11-12,16,18,20-22H2,1-10H3/b14-13-,17-15-/t23-,24-,25+,26+,27-,28+,29-,33+,34+,35-,36-,37+,38-,39-,40+,41+/m1/s1. The van der Waals surface area contributed by atoms with Gasteiger partial charge in [0.25, 0.3) is 0 Å². The summed E-state index contributed by atoms with van der Waals surface area (Å²) in [5.74, 6) is -2.82. The molecule has 0 aromatic rings. The molecule has 0 spiro atoms. The second-order valence-electron chi connectivity index (χ2n) is 16.0. The third-order valence-electron chi connectivity index (χ3n) is 10.9. The highest BCUT2D eigenvalue weighted by molar-refractivity contribution is 5.72. The molecule has 2 fully saturated rings. The average molecular weight is 814 g/mol. The summed E-state index contributed by atoms with van der Waals surface area (Å²) < 4.78 is 48.5. The van der Waals surface area contributed by atoms with Crippen LogP contribution in [0.2, 0.25) is 0 Å². The zero-order chi connectivity index (χ0) is 42.6. The van der Waals surface area contributed by atoms with E-state index in [-0.39, 0.29) is 32.1 Å². The van der Waals surface area contributed by atoms with Crippen molar-refractivity contribution in [1.82, 2.24) is 4.90 Å². The fourth-order valence-corrected chi connectivity index (χ4v) is 7.82. The van der Waals surface area contributed by atoms with Crippen LogP contribution in [0.15, 0.2) is 24.3 Å². The Morgan fingerprint density at radius 3 is 2.23 bits per heavy atom. The Labute approximate surface area is 337 Å². The van der Waals surface area contributed by atoms with Crippen molar-refractivity contribution in [2.45, 2.75) is 179 Å². The number of allylic oxidation sites excluding steroid dienone is 2. The van der Waals surface area contributed by atoms with Crippen LogP contribution in [0.25, 0.3) is 0 Å². The number of methoxy groups -OCH3 is 1. The minimum absolute atomic E-state index is 0.000633. The quantitative estimate of drug-likeness (QED) is 0.147. The van der Waals surface area contributed by atoms with Gasteiger partial charge in [-0.1, -0.05) is 45.1 Å². The van der Waals surface area contributed by atoms with Crippen LogP contribution in [0, 0.1) is 11.8 Å². The molecule has 16 heteroatoms. The number of aldehydes is 1. The number of esters is 3. The van der Waals surface area contributed by atoms with Crippen LogP contribution < -0.4 is 0 Å². The van der Waals surface area contributed by atoms with Gasteiger partial charge in [-0.05, 0) is 60.0 Å². The molecule has 3 rings (SSSR count). The number of carbonyl (C=O) groups is 4. The summed E-state index contributed by atoms with van der Waals surface area (Å²) in [5, 5.41) is 34.5. The Morgan fingerprint density at radius 1 is 0.965 bits per heavy atom. The summed E-state index contributed by atoms with van der Waals surface area (Å²) >= 11 is 0. The van der Waals surface area contributed by atoms with Crippen molar-refractivity contribution in [3.8, 4) is 0 Å². The number of aliphatic hydroxyl groups is 3. The third-order valence-corrected chi connectivity index (χ3v) is 10.9. The van der Waals surface area contributed by atoms with Gasteiger partial charge in [-0.3, -0.25) is 14.4 Å². The molecule has 16 nitrogen and oxygen atoms in total. The summed E-state index contributed by atoms with van der Waals surface area (Å²) in [6, 6.07) is -0.779. The minimum atomic E-state index is -1.49. The van der Waals surface area contributed by atoms with Gasteiger partial charge in [-0.15, -0.1) is 0 Å². The van der Waals surface area contributed by atoms with Gasteiger partial charge in [-0.25, -0.2) is 0 Å². The Hall–Kier alpha value is -2.80. The predicted molar refractivity (Wildman–Crippen MR) is 205 cm³/mol. The van der Waals surface area contributed by atoms with Crippen LogP contribution in [0.1, 0.15) is 93.4 Å². The molecule has 16 atom stereocenters. The van der Waals surface area contributed by atoms with Gasteiger partial charge in [0.2, 0.25) is 0 Å². The van der Waals surface area contributed by atoms with E-state index in [4.69, 9.17) is 37.9 Å². The van der Waals surface area contributed by atoms with E-state index in [9.17, 15) is 34.5 Å². The lowest BCUT2D eigenvalue weighted by atomic mass is 9.82. The fraction of sp³-hybridized carbons (Fsp3) is 0.805. The molecular formula is C41H67NO15. The van der Waals surface area contributed by atoms with Crippen LogP contribution in [-0.4, -0.2) is 151 Å². The maximum atomic E-state index is 13.3. The first kappa shape index (κ1) is 48.6. The lowest BCUT2D eigenvalue weighted by Gasteiger charge is -2.50. The first-order valence-electron chi connectivity index (χ1n) is 20.1. The van der Waals surface area contributed by atoms with E-state index in [0.29, 0.717) is 12.7 Å². The molecule has 0 bridgehead atoms. The number of aliphatic hydroxyl groups excluding tert-OH is 2. The Balaban J connectivity index is 2.01. The number of hydrogen-bond donors (Lipinski definition) is 3. The zero-order valence-corrected chi connectivity index (χ0v) is 35.2. The van der Waals surface area contributed by atoms with Gasteiger partial charge in [0.1, 0.15) is 42.4 Å². The molecule has 2 saturated heterocycles. The van der Waals surface area contributed by atoms with E-state index in [1.807, 2.05) is 13.0 Å². The van der Waals surface area contributed by atoms with E-state index in [2.05, 4.69) is 0 Å². The Bertz CT molecular complexity index is 1350. The SMILES string of the molecule is CCC(=O)O[C@@H]1[C@H](C)O[C@@H](O[C@H]2[C@@H](N(C)C)[C@@H](O)[C@H](O[C@H]3[C@H](CC=O)C[C@@H](C)[C@@H](O)/C=C\C=C/C[C@@H](C)OC(=O)C[C@@H](OC(=O)CC)[C@H]3OC)O[C@H]2C)C[C@]1(C)O. The van der Waals surface area contributed by atoms with Gasteiger partial charge < -0.3 is 62.9 Å². The molecule has 0 unspecified atom stereocenters. The largest absolute Gasteiger partial charge is 0.462 e. The van der Waals surface area contributed by atoms with Crippen LogP contribution >= 0.6 is 0 Å². The third kappa shape index (κ3) is 13.6. The summed E-state index contributed by atoms with van der Waals surface area (Å²) in [5.41, 5.74) is -1.49. The molecule has 0 aromatic heterocycles. The van der Waals surface area contributed by atoms with Gasteiger partial charge in [0.05, 0.1) is 36.9 Å². The summed E-state index contributed by atoms with van der Waals surface area (Å²) in [6.07, 6.45) is -4.08. The molecule has 3 N–H and O–H groups in total. The van der Waals surface area contributed by atoms with E-state index in [1.54, 1.807) is 78.8 Å². The van der Waals surface area contributed by atoms with Crippen molar-refractivity contribution >= 4 is 24.2 Å². The Kier molecular flexibility index (Phi) is 19.2. The number of nitrogens with zero attached hydrogens (tertiary/aromatic N) is 1. The lowest BCUT2D eigenvalue weighted by molar-refractivity contribution is -0.344. The fourth-order valence-electron chi connectivity index (χ4n) is 7.82. The van der Waals surface area contributed by atoms with Crippen molar-refractivity contribution in [3.05, 3.63) is 24.3 Å². The molecule has 326 valence electrons. The topological polar surface area (TPSA) is 206 Å². The smallest absolute Gasteiger partial charge is 0.309 e. The van der Waals surface area contributed by atoms with Crippen LogP contribution in [0.5, 0.6) is 0 Å². The van der Waals surface area contributed by atoms with Crippen LogP contribution in [0.3, 0.4) is 0 Å². The summed E-state index contributed by atoms with van der Waals surface area (Å²) in [4.78, 5) is 52.3. The predicted octanol–water partition coefficient (Wildman–Crippen LogP) is 2.77. The second-order valence-corrected chi connectivity index (χ2v) is 16.0. The Morgan fingerprint density at radius 2 is 1.63 bits per heavy atom. The van der Waals surface area contributed by atoms with Crippen molar-refractivity contribution in [2.75, 3.05) is 21.2 Å². The molecule has 0 aliphatic carbocycles. The molecule has 0 aromatic carbocycles. The van der Waals surface area contributed by atoms with E-state index < -0.39 is 121 Å². The van der Waals surface area contributed by atoms with E-state index >= 15 is 0 Å². The van der Waals surface area contributed by atoms with Crippen molar-refractivity contribution < 1.29 is 72.4 Å². The monoisotopic (exact) mass is 813 g/mol. The maximum Gasteiger partial charge on any atom is 0.309 e.